The molecule has 1 amide bonds. The maximum absolute atomic E-state index is 13.8. The number of halogens is 1. The van der Waals surface area contributed by atoms with Crippen molar-refractivity contribution in [3.8, 4) is 17.1 Å². The van der Waals surface area contributed by atoms with Gasteiger partial charge in [0, 0.05) is 18.5 Å². The van der Waals surface area contributed by atoms with E-state index in [4.69, 9.17) is 4.74 Å². The molecule has 0 saturated carbocycles. The van der Waals surface area contributed by atoms with Gasteiger partial charge in [0.25, 0.3) is 5.56 Å². The maximum atomic E-state index is 13.8. The van der Waals surface area contributed by atoms with E-state index in [2.05, 4.69) is 20.5 Å². The van der Waals surface area contributed by atoms with E-state index >= 15 is 0 Å². The van der Waals surface area contributed by atoms with E-state index < -0.39 is 11.4 Å². The Morgan fingerprint density at radius 1 is 1.15 bits per heavy atom. The number of carbonyl (C=O) groups excluding carboxylic acids is 1. The van der Waals surface area contributed by atoms with Gasteiger partial charge in [-0.1, -0.05) is 12.1 Å². The fourth-order valence-corrected chi connectivity index (χ4v) is 2.43. The Morgan fingerprint density at radius 2 is 1.89 bits per heavy atom. The van der Waals surface area contributed by atoms with Crippen LogP contribution in [-0.2, 0) is 11.2 Å². The lowest BCUT2D eigenvalue weighted by atomic mass is 10.2. The van der Waals surface area contributed by atoms with Gasteiger partial charge in [-0.3, -0.25) is 9.59 Å². The van der Waals surface area contributed by atoms with Crippen LogP contribution in [-0.4, -0.2) is 28.2 Å². The molecule has 0 bridgehead atoms. The van der Waals surface area contributed by atoms with Gasteiger partial charge >= 0.3 is 0 Å². The molecule has 0 aliphatic heterocycles. The third-order valence-electron chi connectivity index (χ3n) is 3.86. The highest BCUT2D eigenvalue weighted by molar-refractivity contribution is 5.90. The van der Waals surface area contributed by atoms with Crippen LogP contribution in [0, 0.1) is 5.82 Å². The summed E-state index contributed by atoms with van der Waals surface area (Å²) in [5.41, 5.74) is 0.391. The lowest BCUT2D eigenvalue weighted by Gasteiger charge is -2.06. The predicted molar refractivity (Wildman–Crippen MR) is 98.0 cm³/mol. The Labute approximate surface area is 154 Å². The predicted octanol–water partition coefficient (Wildman–Crippen LogP) is 2.55. The molecule has 7 nitrogen and oxygen atoms in total. The SMILES string of the molecule is COc1ccc(NC(=O)CCc2nnc(-c3ccccc3F)[nH]c2=O)cc1. The van der Waals surface area contributed by atoms with Crippen LogP contribution >= 0.6 is 0 Å². The number of H-pyrrole nitrogens is 1. The second-order valence-electron chi connectivity index (χ2n) is 5.71. The van der Waals surface area contributed by atoms with Gasteiger partial charge in [-0.2, -0.15) is 0 Å². The summed E-state index contributed by atoms with van der Waals surface area (Å²) < 4.78 is 18.8. The number of nitrogens with zero attached hydrogens (tertiary/aromatic N) is 2. The van der Waals surface area contributed by atoms with Crippen molar-refractivity contribution >= 4 is 11.6 Å². The van der Waals surface area contributed by atoms with Crippen LogP contribution in [0.25, 0.3) is 11.4 Å². The van der Waals surface area contributed by atoms with Crippen LogP contribution in [0.3, 0.4) is 0 Å². The molecule has 0 atom stereocenters. The zero-order valence-electron chi connectivity index (χ0n) is 14.5. The highest BCUT2D eigenvalue weighted by atomic mass is 19.1. The zero-order chi connectivity index (χ0) is 19.2. The topological polar surface area (TPSA) is 97.0 Å². The van der Waals surface area contributed by atoms with E-state index in [1.807, 2.05) is 0 Å². The standard InChI is InChI=1S/C19H17FN4O3/c1-27-13-8-6-12(7-9-13)21-17(25)11-10-16-19(26)22-18(24-23-16)14-4-2-3-5-15(14)20/h2-9H,10-11H2,1H3,(H,21,25)(H,22,24,26). The third kappa shape index (κ3) is 4.55. The molecule has 3 aromatic rings. The molecule has 138 valence electrons. The molecule has 0 saturated heterocycles. The molecule has 0 aliphatic carbocycles. The normalized spacial score (nSPS) is 10.4. The van der Waals surface area contributed by atoms with Crippen LogP contribution in [0.5, 0.6) is 5.75 Å². The number of carbonyl (C=O) groups is 1. The number of rotatable bonds is 6. The number of methoxy groups -OCH3 is 1. The average Bonchev–Trinajstić information content (AvgIpc) is 2.68. The van der Waals surface area contributed by atoms with Crippen LogP contribution in [0.1, 0.15) is 12.1 Å². The first-order valence-corrected chi connectivity index (χ1v) is 8.21. The minimum Gasteiger partial charge on any atom is -0.497 e. The van der Waals surface area contributed by atoms with Crippen LogP contribution < -0.4 is 15.6 Å². The second kappa shape index (κ2) is 8.22. The number of ether oxygens (including phenoxy) is 1. The van der Waals surface area contributed by atoms with E-state index in [1.165, 1.54) is 12.1 Å². The molecule has 1 heterocycles. The van der Waals surface area contributed by atoms with Crippen molar-refractivity contribution in [2.75, 3.05) is 12.4 Å². The zero-order valence-corrected chi connectivity index (χ0v) is 14.5. The van der Waals surface area contributed by atoms with Gasteiger partial charge in [-0.05, 0) is 36.4 Å². The minimum absolute atomic E-state index is 0.0459. The average molecular weight is 368 g/mol. The van der Waals surface area contributed by atoms with E-state index in [9.17, 15) is 14.0 Å². The molecule has 1 aromatic heterocycles. The largest absolute Gasteiger partial charge is 0.497 e. The number of aryl methyl sites for hydroxylation is 1. The van der Waals surface area contributed by atoms with Crippen molar-refractivity contribution in [3.63, 3.8) is 0 Å². The molecule has 0 radical (unpaired) electrons. The van der Waals surface area contributed by atoms with Gasteiger partial charge in [0.2, 0.25) is 5.91 Å². The summed E-state index contributed by atoms with van der Waals surface area (Å²) in [5, 5.41) is 10.4. The fraction of sp³-hybridized carbons (Fsp3) is 0.158. The van der Waals surface area contributed by atoms with Crippen LogP contribution in [0.2, 0.25) is 0 Å². The lowest BCUT2D eigenvalue weighted by molar-refractivity contribution is -0.116. The van der Waals surface area contributed by atoms with Gasteiger partial charge in [0.1, 0.15) is 17.3 Å². The molecular weight excluding hydrogens is 351 g/mol. The van der Waals surface area contributed by atoms with Gasteiger partial charge in [0.05, 0.1) is 12.7 Å². The number of anilines is 1. The van der Waals surface area contributed by atoms with E-state index in [0.717, 1.165) is 0 Å². The summed E-state index contributed by atoms with van der Waals surface area (Å²) >= 11 is 0. The molecule has 0 unspecified atom stereocenters. The minimum atomic E-state index is -0.505. The summed E-state index contributed by atoms with van der Waals surface area (Å²) in [6.07, 6.45) is 0.171. The number of aromatic amines is 1. The van der Waals surface area contributed by atoms with Crippen molar-refractivity contribution < 1.29 is 13.9 Å². The van der Waals surface area contributed by atoms with Crippen molar-refractivity contribution in [1.82, 2.24) is 15.2 Å². The van der Waals surface area contributed by atoms with Crippen molar-refractivity contribution in [2.45, 2.75) is 12.8 Å². The Kier molecular flexibility index (Phi) is 5.55. The molecule has 27 heavy (non-hydrogen) atoms. The number of hydrogen-bond acceptors (Lipinski definition) is 5. The number of nitrogens with one attached hydrogen (secondary N) is 2. The number of amides is 1. The van der Waals surface area contributed by atoms with E-state index in [1.54, 1.807) is 43.5 Å². The first-order valence-electron chi connectivity index (χ1n) is 8.21. The number of hydrogen-bond donors (Lipinski definition) is 2. The van der Waals surface area contributed by atoms with Crippen molar-refractivity contribution in [3.05, 3.63) is 70.4 Å². The van der Waals surface area contributed by atoms with Gasteiger partial charge in [0.15, 0.2) is 5.82 Å². The molecule has 0 spiro atoms. The van der Waals surface area contributed by atoms with Gasteiger partial charge in [-0.25, -0.2) is 4.39 Å². The molecule has 2 aromatic carbocycles. The highest BCUT2D eigenvalue weighted by Crippen LogP contribution is 2.17. The molecule has 0 fully saturated rings. The summed E-state index contributed by atoms with van der Waals surface area (Å²) in [4.78, 5) is 26.7. The molecule has 0 aliphatic rings. The summed E-state index contributed by atoms with van der Waals surface area (Å²) in [6.45, 7) is 0. The van der Waals surface area contributed by atoms with Gasteiger partial charge < -0.3 is 15.0 Å². The summed E-state index contributed by atoms with van der Waals surface area (Å²) in [6, 6.07) is 12.8. The Hall–Kier alpha value is -3.55. The van der Waals surface area contributed by atoms with Crippen molar-refractivity contribution in [2.24, 2.45) is 0 Å². The Bertz CT molecular complexity index is 1000. The Morgan fingerprint density at radius 3 is 2.56 bits per heavy atom. The van der Waals surface area contributed by atoms with Crippen LogP contribution in [0.4, 0.5) is 10.1 Å². The van der Waals surface area contributed by atoms with E-state index in [0.29, 0.717) is 11.4 Å². The molecule has 3 rings (SSSR count). The summed E-state index contributed by atoms with van der Waals surface area (Å²) in [5.74, 6) is -0.0390. The van der Waals surface area contributed by atoms with Crippen LogP contribution in [0.15, 0.2) is 53.3 Å². The molecule has 8 heteroatoms. The fourth-order valence-electron chi connectivity index (χ4n) is 2.43. The quantitative estimate of drug-likeness (QED) is 0.697. The molecule has 2 N–H and O–H groups in total. The Balaban J connectivity index is 1.63. The third-order valence-corrected chi connectivity index (χ3v) is 3.86. The first kappa shape index (κ1) is 18.2. The number of aromatic nitrogens is 3. The second-order valence-corrected chi connectivity index (χ2v) is 5.71. The van der Waals surface area contributed by atoms with E-state index in [-0.39, 0.29) is 35.8 Å². The first-order chi connectivity index (χ1) is 13.1. The number of benzene rings is 2. The van der Waals surface area contributed by atoms with Crippen molar-refractivity contribution in [1.29, 1.82) is 0 Å². The smallest absolute Gasteiger partial charge is 0.273 e. The highest BCUT2D eigenvalue weighted by Gasteiger charge is 2.12. The monoisotopic (exact) mass is 368 g/mol. The summed E-state index contributed by atoms with van der Waals surface area (Å²) in [7, 11) is 1.56. The lowest BCUT2D eigenvalue weighted by Crippen LogP contribution is -2.20. The maximum Gasteiger partial charge on any atom is 0.273 e. The van der Waals surface area contributed by atoms with Gasteiger partial charge in [-0.15, -0.1) is 10.2 Å². The molecular formula is C19H17FN4O3.